The van der Waals surface area contributed by atoms with Crippen molar-refractivity contribution in [3.8, 4) is 28.5 Å². The standard InChI is InChI=1S/C59H68FN13O8S/c1-4-5-28-80-43-15-13-16-44(31-43)81-53-33-51-50(69(2)59(77)70(51)3)32-48(53)68-82(78,79)45-17-12-14-40(29-45)57(75)62-23-11-9-7-6-8-10-22-61-54(74)38-71-24-26-72(27-25-71)58(76)41-20-21-47(46(60)30-41)66-55-56-63-36-52(42-34-64-65-35-42)73(56)37-49(67-55)39-18-19-39/h12-17,20-21,29-37,39,68H,4-11,18-19,22-28,38H2,1-3H3,(H,61,74)(H,62,75)(H,64,65)(H,66,67). The average Bonchev–Trinajstić information content (AvgIpc) is 4.06. The number of carbonyl (C=O) groups excluding carboxylic acids is 3. The minimum absolute atomic E-state index is 0.0771. The number of unbranched alkanes of at least 4 members (excludes halogenated alkanes) is 6. The van der Waals surface area contributed by atoms with Crippen molar-refractivity contribution in [2.45, 2.75) is 81.9 Å². The van der Waals surface area contributed by atoms with E-state index in [1.54, 1.807) is 86.1 Å². The molecule has 1 saturated carbocycles. The Morgan fingerprint density at radius 2 is 1.52 bits per heavy atom. The Morgan fingerprint density at radius 1 is 0.793 bits per heavy atom. The summed E-state index contributed by atoms with van der Waals surface area (Å²) < 4.78 is 63.1. The summed E-state index contributed by atoms with van der Waals surface area (Å²) in [6, 6.07) is 20.4. The van der Waals surface area contributed by atoms with Gasteiger partial charge in [0.05, 0.1) is 64.2 Å². The van der Waals surface area contributed by atoms with E-state index in [1.807, 2.05) is 21.6 Å². The maximum Gasteiger partial charge on any atom is 0.328 e. The highest BCUT2D eigenvalue weighted by atomic mass is 32.2. The lowest BCUT2D eigenvalue weighted by Gasteiger charge is -2.34. The molecular weight excluding hydrogens is 1070 g/mol. The van der Waals surface area contributed by atoms with E-state index in [0.29, 0.717) is 85.8 Å². The number of amides is 3. The second-order valence-corrected chi connectivity index (χ2v) is 22.6. The number of nitrogens with one attached hydrogen (secondary N) is 5. The summed E-state index contributed by atoms with van der Waals surface area (Å²) >= 11 is 0. The number of nitrogens with zero attached hydrogens (tertiary/aromatic N) is 8. The number of rotatable bonds is 26. The molecule has 2 fully saturated rings. The van der Waals surface area contributed by atoms with Gasteiger partial charge in [-0.15, -0.1) is 0 Å². The van der Waals surface area contributed by atoms with Crippen LogP contribution in [-0.2, 0) is 28.9 Å². The minimum atomic E-state index is -4.26. The summed E-state index contributed by atoms with van der Waals surface area (Å²) in [7, 11) is -1.02. The van der Waals surface area contributed by atoms with Gasteiger partial charge in [-0.1, -0.05) is 51.2 Å². The number of hydrogen-bond acceptors (Lipinski definition) is 13. The normalized spacial score (nSPS) is 13.8. The van der Waals surface area contributed by atoms with Gasteiger partial charge in [0.25, 0.3) is 21.8 Å². The summed E-state index contributed by atoms with van der Waals surface area (Å²) in [4.78, 5) is 65.4. The second-order valence-electron chi connectivity index (χ2n) is 20.9. The second kappa shape index (κ2) is 25.5. The topological polar surface area (TPSA) is 244 Å². The summed E-state index contributed by atoms with van der Waals surface area (Å²) in [5, 5.41) is 15.9. The molecule has 0 atom stereocenters. The fourth-order valence-electron chi connectivity index (χ4n) is 9.98. The van der Waals surface area contributed by atoms with Crippen molar-refractivity contribution in [1.82, 2.24) is 54.1 Å². The summed E-state index contributed by atoms with van der Waals surface area (Å²) in [5.41, 5.74) is 4.58. The van der Waals surface area contributed by atoms with Crippen molar-refractivity contribution >= 4 is 61.6 Å². The van der Waals surface area contributed by atoms with Gasteiger partial charge in [-0.3, -0.25) is 42.6 Å². The zero-order chi connectivity index (χ0) is 57.3. The van der Waals surface area contributed by atoms with Gasteiger partial charge in [0, 0.05) is 100 Å². The Hall–Kier alpha value is -8.57. The number of carbonyl (C=O) groups is 3. The van der Waals surface area contributed by atoms with E-state index < -0.39 is 21.7 Å². The van der Waals surface area contributed by atoms with Crippen LogP contribution >= 0.6 is 0 Å². The minimum Gasteiger partial charge on any atom is -0.493 e. The molecule has 4 aromatic carbocycles. The number of sulfonamides is 1. The highest BCUT2D eigenvalue weighted by Gasteiger charge is 2.29. The van der Waals surface area contributed by atoms with Crippen LogP contribution in [0.1, 0.15) is 103 Å². The predicted octanol–water partition coefficient (Wildman–Crippen LogP) is 8.49. The lowest BCUT2D eigenvalue weighted by atomic mass is 10.1. The molecule has 2 aliphatic rings. The van der Waals surface area contributed by atoms with Crippen molar-refractivity contribution in [1.29, 1.82) is 0 Å². The van der Waals surface area contributed by atoms with Crippen molar-refractivity contribution in [2.24, 2.45) is 14.1 Å². The number of aromatic amines is 1. The number of halogens is 1. The molecule has 82 heavy (non-hydrogen) atoms. The molecule has 0 bridgehead atoms. The molecule has 23 heteroatoms. The largest absolute Gasteiger partial charge is 0.493 e. The lowest BCUT2D eigenvalue weighted by molar-refractivity contribution is -0.122. The molecule has 0 spiro atoms. The van der Waals surface area contributed by atoms with E-state index >= 15 is 4.39 Å². The van der Waals surface area contributed by atoms with E-state index in [-0.39, 0.29) is 57.2 Å². The van der Waals surface area contributed by atoms with Gasteiger partial charge >= 0.3 is 5.69 Å². The third-order valence-electron chi connectivity index (χ3n) is 14.8. The zero-order valence-electron chi connectivity index (χ0n) is 46.3. The van der Waals surface area contributed by atoms with E-state index in [9.17, 15) is 27.6 Å². The van der Waals surface area contributed by atoms with E-state index in [2.05, 4.69) is 42.8 Å². The van der Waals surface area contributed by atoms with Gasteiger partial charge in [-0.25, -0.2) is 27.6 Å². The number of anilines is 3. The highest BCUT2D eigenvalue weighted by Crippen LogP contribution is 2.41. The third-order valence-corrected chi connectivity index (χ3v) is 16.2. The van der Waals surface area contributed by atoms with Gasteiger partial charge < -0.3 is 30.3 Å². The summed E-state index contributed by atoms with van der Waals surface area (Å²) in [6.07, 6.45) is 16.4. The lowest BCUT2D eigenvalue weighted by Crippen LogP contribution is -2.51. The number of aromatic nitrogens is 7. The van der Waals surface area contributed by atoms with Gasteiger partial charge in [0.1, 0.15) is 17.3 Å². The third kappa shape index (κ3) is 13.4. The van der Waals surface area contributed by atoms with Gasteiger partial charge in [-0.2, -0.15) is 5.10 Å². The van der Waals surface area contributed by atoms with Crippen LogP contribution in [0.4, 0.5) is 21.6 Å². The molecule has 1 aliphatic heterocycles. The molecular formula is C59H68FN13O8S. The molecule has 4 aromatic heterocycles. The molecule has 5 N–H and O–H groups in total. The van der Waals surface area contributed by atoms with Crippen LogP contribution in [-0.4, -0.2) is 122 Å². The first kappa shape index (κ1) is 56.7. The quantitative estimate of drug-likeness (QED) is 0.0320. The molecule has 5 heterocycles. The summed E-state index contributed by atoms with van der Waals surface area (Å²) in [5.74, 6) is 0.595. The van der Waals surface area contributed by atoms with Crippen LogP contribution in [0.2, 0.25) is 0 Å². The number of H-pyrrole nitrogens is 1. The molecule has 21 nitrogen and oxygen atoms in total. The van der Waals surface area contributed by atoms with Crippen LogP contribution in [0.25, 0.3) is 27.9 Å². The molecule has 10 rings (SSSR count). The van der Waals surface area contributed by atoms with Crippen molar-refractivity contribution < 1.29 is 36.7 Å². The smallest absolute Gasteiger partial charge is 0.328 e. The Kier molecular flexibility index (Phi) is 17.6. The number of piperazine rings is 1. The van der Waals surface area contributed by atoms with Gasteiger partial charge in [-0.05, 0) is 86.7 Å². The molecule has 1 saturated heterocycles. The number of hydrogen-bond donors (Lipinski definition) is 5. The predicted molar refractivity (Wildman–Crippen MR) is 310 cm³/mol. The van der Waals surface area contributed by atoms with Crippen molar-refractivity contribution in [3.63, 3.8) is 0 Å². The first-order chi connectivity index (χ1) is 39.7. The van der Waals surface area contributed by atoms with E-state index in [4.69, 9.17) is 14.5 Å². The Morgan fingerprint density at radius 3 is 2.26 bits per heavy atom. The van der Waals surface area contributed by atoms with Crippen LogP contribution in [0.5, 0.6) is 17.2 Å². The Bertz CT molecular complexity index is 3770. The average molecular weight is 1140 g/mol. The van der Waals surface area contributed by atoms with Gasteiger partial charge in [0.2, 0.25) is 5.91 Å². The maximum atomic E-state index is 15.7. The molecule has 1 aliphatic carbocycles. The first-order valence-electron chi connectivity index (χ1n) is 28.0. The SMILES string of the molecule is CCCCOc1cccc(Oc2cc3c(cc2NS(=O)(=O)c2cccc(C(=O)NCCCCCCCCNC(=O)CN4CCN(C(=O)c5ccc(Nc6nc(C7CC7)cn7c(-c8cn[nH]c8)cnc67)c(F)c5)CC4)c2)n(C)c(=O)n3C)c1. The van der Waals surface area contributed by atoms with Crippen molar-refractivity contribution in [2.75, 3.05) is 62.5 Å². The van der Waals surface area contributed by atoms with Gasteiger partial charge in [0.15, 0.2) is 17.2 Å². The number of imidazole rings is 2. The molecule has 3 amide bonds. The number of fused-ring (bicyclic) bond motifs is 2. The Labute approximate surface area is 474 Å². The van der Waals surface area contributed by atoms with Crippen LogP contribution in [0.3, 0.4) is 0 Å². The zero-order valence-corrected chi connectivity index (χ0v) is 47.1. The molecule has 430 valence electrons. The molecule has 8 aromatic rings. The summed E-state index contributed by atoms with van der Waals surface area (Å²) in [6.45, 7) is 5.65. The molecule has 0 unspecified atom stereocenters. The number of aryl methyl sites for hydroxylation is 2. The fourth-order valence-corrected chi connectivity index (χ4v) is 11.1. The van der Waals surface area contributed by atoms with Crippen molar-refractivity contribution in [3.05, 3.63) is 137 Å². The number of ether oxygens (including phenoxy) is 2. The monoisotopic (exact) mass is 1140 g/mol. The van der Waals surface area contributed by atoms with Crippen LogP contribution in [0, 0.1) is 5.82 Å². The van der Waals surface area contributed by atoms with E-state index in [0.717, 1.165) is 81.2 Å². The first-order valence-corrected chi connectivity index (χ1v) is 29.4. The van der Waals surface area contributed by atoms with E-state index in [1.165, 1.54) is 33.4 Å². The maximum absolute atomic E-state index is 15.7. The van der Waals surface area contributed by atoms with Crippen LogP contribution < -0.4 is 35.8 Å². The fraction of sp³-hybridized carbons (Fsp3) is 0.373. The highest BCUT2D eigenvalue weighted by molar-refractivity contribution is 7.92. The van der Waals surface area contributed by atoms with Crippen LogP contribution in [0.15, 0.2) is 113 Å². The molecule has 0 radical (unpaired) electrons. The number of benzene rings is 4. The Balaban J connectivity index is 0.616.